The molecule has 2 aliphatic rings. The molecule has 0 radical (unpaired) electrons. The molecule has 1 aromatic heterocycles. The average molecular weight is 492 g/mol. The van der Waals surface area contributed by atoms with Crippen molar-refractivity contribution in [1.82, 2.24) is 20.9 Å². The van der Waals surface area contributed by atoms with Gasteiger partial charge in [0.15, 0.2) is 0 Å². The van der Waals surface area contributed by atoms with Gasteiger partial charge < -0.3 is 26.7 Å². The number of piperidine rings is 1. The quantitative estimate of drug-likeness (QED) is 0.237. The van der Waals surface area contributed by atoms with E-state index in [1.807, 2.05) is 12.1 Å². The normalized spacial score (nSPS) is 21.2. The Bertz CT molecular complexity index is 1040. The van der Waals surface area contributed by atoms with Crippen LogP contribution in [0.5, 0.6) is 0 Å². The number of fused-ring (bicyclic) bond motifs is 1. The summed E-state index contributed by atoms with van der Waals surface area (Å²) in [5, 5.41) is 9.39. The van der Waals surface area contributed by atoms with Crippen LogP contribution in [-0.4, -0.2) is 46.7 Å². The molecule has 33 heavy (non-hydrogen) atoms. The number of carbonyl (C=O) groups is 3. The zero-order chi connectivity index (χ0) is 23.5. The van der Waals surface area contributed by atoms with E-state index in [0.29, 0.717) is 41.5 Å². The lowest BCUT2D eigenvalue weighted by Gasteiger charge is -2.30. The number of benzene rings is 1. The maximum atomic E-state index is 13.2. The van der Waals surface area contributed by atoms with Gasteiger partial charge in [0.25, 0.3) is 5.91 Å². The molecule has 6 N–H and O–H groups in total. The fourth-order valence-corrected chi connectivity index (χ4v) is 4.76. The van der Waals surface area contributed by atoms with Crippen molar-refractivity contribution in [2.24, 2.45) is 17.6 Å². The average Bonchev–Trinajstić information content (AvgIpc) is 3.48. The summed E-state index contributed by atoms with van der Waals surface area (Å²) in [7, 11) is 0. The van der Waals surface area contributed by atoms with Crippen LogP contribution >= 0.6 is 24.2 Å². The van der Waals surface area contributed by atoms with Gasteiger partial charge in [0.1, 0.15) is 11.7 Å². The largest absolute Gasteiger partial charge is 0.356 e. The van der Waals surface area contributed by atoms with E-state index in [1.165, 1.54) is 0 Å². The number of para-hydroxylation sites is 1. The summed E-state index contributed by atoms with van der Waals surface area (Å²) < 4.78 is 0. The molecule has 1 unspecified atom stereocenters. The number of thiol groups is 1. The summed E-state index contributed by atoms with van der Waals surface area (Å²) in [6.07, 6.45) is 4.69. The van der Waals surface area contributed by atoms with Crippen LogP contribution in [0.25, 0.3) is 10.9 Å². The molecule has 3 amide bonds. The smallest absolute Gasteiger partial charge is 0.268 e. The minimum atomic E-state index is -0.707. The lowest BCUT2D eigenvalue weighted by atomic mass is 9.91. The Morgan fingerprint density at radius 3 is 2.67 bits per heavy atom. The number of carbonyl (C=O) groups excluding carboxylic acids is 3. The van der Waals surface area contributed by atoms with Crippen molar-refractivity contribution in [3.05, 3.63) is 35.0 Å². The van der Waals surface area contributed by atoms with Gasteiger partial charge in [-0.15, -0.1) is 0 Å². The van der Waals surface area contributed by atoms with E-state index < -0.39 is 17.5 Å². The second-order valence-corrected chi connectivity index (χ2v) is 10.1. The summed E-state index contributed by atoms with van der Waals surface area (Å²) in [6.45, 7) is 0.674. The van der Waals surface area contributed by atoms with Crippen molar-refractivity contribution >= 4 is 52.9 Å². The van der Waals surface area contributed by atoms with Crippen LogP contribution in [0.4, 0.5) is 0 Å². The van der Waals surface area contributed by atoms with Crippen LogP contribution in [0.2, 0.25) is 5.02 Å². The molecule has 1 aliphatic heterocycles. The fourth-order valence-electron chi connectivity index (χ4n) is 4.33. The van der Waals surface area contributed by atoms with Crippen molar-refractivity contribution in [2.75, 3.05) is 6.54 Å². The van der Waals surface area contributed by atoms with Crippen LogP contribution in [0, 0.1) is 11.8 Å². The van der Waals surface area contributed by atoms with E-state index in [-0.39, 0.29) is 23.6 Å². The van der Waals surface area contributed by atoms with Crippen LogP contribution in [0.1, 0.15) is 49.0 Å². The second-order valence-electron chi connectivity index (χ2n) is 9.06. The number of rotatable bonds is 9. The van der Waals surface area contributed by atoms with Crippen molar-refractivity contribution in [2.45, 2.75) is 56.0 Å². The lowest BCUT2D eigenvalue weighted by Crippen LogP contribution is -2.54. The molecule has 4 atom stereocenters. The first kappa shape index (κ1) is 23.9. The molecule has 1 saturated heterocycles. The number of hydrogen-bond acceptors (Lipinski definition) is 5. The maximum Gasteiger partial charge on any atom is 0.268 e. The highest BCUT2D eigenvalue weighted by molar-refractivity contribution is 7.80. The van der Waals surface area contributed by atoms with Crippen LogP contribution in [0.3, 0.4) is 0 Å². The highest BCUT2D eigenvalue weighted by Crippen LogP contribution is 2.34. The Morgan fingerprint density at radius 2 is 2.00 bits per heavy atom. The maximum absolute atomic E-state index is 13.2. The number of H-pyrrole nitrogens is 1. The SMILES string of the molecule is NC(S)[C@H](C[C@@H]1CCCNC1=O)NC(=O)[C@H](CC1CC1)NC(=O)c1cc2cccc(Cl)c2[nH]1. The molecule has 1 saturated carbocycles. The van der Waals surface area contributed by atoms with Crippen molar-refractivity contribution < 1.29 is 14.4 Å². The molecule has 4 rings (SSSR count). The number of aromatic nitrogens is 1. The number of hydrogen-bond donors (Lipinski definition) is 6. The van der Waals surface area contributed by atoms with Crippen molar-refractivity contribution in [3.63, 3.8) is 0 Å². The number of halogens is 1. The zero-order valence-electron chi connectivity index (χ0n) is 18.3. The number of nitrogens with one attached hydrogen (secondary N) is 4. The van der Waals surface area contributed by atoms with Gasteiger partial charge in [0.05, 0.1) is 22.0 Å². The topological polar surface area (TPSA) is 129 Å². The molecule has 178 valence electrons. The number of nitrogens with two attached hydrogens (primary N) is 1. The van der Waals surface area contributed by atoms with E-state index in [1.54, 1.807) is 12.1 Å². The summed E-state index contributed by atoms with van der Waals surface area (Å²) in [6, 6.07) is 5.96. The van der Waals surface area contributed by atoms with Gasteiger partial charge in [0, 0.05) is 17.8 Å². The highest BCUT2D eigenvalue weighted by Gasteiger charge is 2.34. The third-order valence-corrected chi connectivity index (χ3v) is 7.09. The molecule has 1 aliphatic carbocycles. The van der Waals surface area contributed by atoms with Crippen LogP contribution < -0.4 is 21.7 Å². The molecule has 8 nitrogen and oxygen atoms in total. The van der Waals surface area contributed by atoms with Crippen LogP contribution in [-0.2, 0) is 9.59 Å². The van der Waals surface area contributed by atoms with Gasteiger partial charge in [-0.2, -0.15) is 12.6 Å². The van der Waals surface area contributed by atoms with Gasteiger partial charge in [-0.1, -0.05) is 36.6 Å². The predicted molar refractivity (Wildman–Crippen MR) is 131 cm³/mol. The molecular weight excluding hydrogens is 462 g/mol. The summed E-state index contributed by atoms with van der Waals surface area (Å²) in [4.78, 5) is 41.4. The first-order chi connectivity index (χ1) is 15.8. The van der Waals surface area contributed by atoms with Crippen LogP contribution in [0.15, 0.2) is 24.3 Å². The number of aromatic amines is 1. The van der Waals surface area contributed by atoms with E-state index >= 15 is 0 Å². The molecule has 0 bridgehead atoms. The van der Waals surface area contributed by atoms with Gasteiger partial charge in [-0.05, 0) is 43.7 Å². The van der Waals surface area contributed by atoms with Gasteiger partial charge in [0.2, 0.25) is 11.8 Å². The third-order valence-electron chi connectivity index (χ3n) is 6.42. The molecule has 2 aromatic rings. The van der Waals surface area contributed by atoms with E-state index in [0.717, 1.165) is 31.1 Å². The Labute approximate surface area is 203 Å². The first-order valence-electron chi connectivity index (χ1n) is 11.4. The first-order valence-corrected chi connectivity index (χ1v) is 12.3. The van der Waals surface area contributed by atoms with Gasteiger partial charge in [-0.3, -0.25) is 14.4 Å². The molecule has 10 heteroatoms. The Morgan fingerprint density at radius 1 is 1.21 bits per heavy atom. The third kappa shape index (κ3) is 6.02. The summed E-state index contributed by atoms with van der Waals surface area (Å²) >= 11 is 10.6. The van der Waals surface area contributed by atoms with E-state index in [4.69, 9.17) is 17.3 Å². The van der Waals surface area contributed by atoms with Gasteiger partial charge in [-0.25, -0.2) is 0 Å². The molecule has 0 spiro atoms. The van der Waals surface area contributed by atoms with Gasteiger partial charge >= 0.3 is 0 Å². The summed E-state index contributed by atoms with van der Waals surface area (Å²) in [5.74, 6) is -0.508. The fraction of sp³-hybridized carbons (Fsp3) is 0.522. The Balaban J connectivity index is 1.44. The second kappa shape index (κ2) is 10.4. The van der Waals surface area contributed by atoms with E-state index in [2.05, 4.69) is 33.6 Å². The van der Waals surface area contributed by atoms with E-state index in [9.17, 15) is 14.4 Å². The zero-order valence-corrected chi connectivity index (χ0v) is 19.9. The standard InChI is InChI=1S/C23H30ClN5O3S/c24-15-5-1-3-13-10-18(27-19(13)15)23(32)29-17(9-12-6-7-12)22(31)28-16(20(25)33)11-14-4-2-8-26-21(14)30/h1,3,5,10,12,14,16-17,20,27,33H,2,4,6-9,11,25H2,(H,26,30)(H,28,31)(H,29,32)/t14-,16-,17-,20?/m0/s1. The Hall–Kier alpha value is -2.23. The molecule has 2 heterocycles. The van der Waals surface area contributed by atoms with Crippen molar-refractivity contribution in [3.8, 4) is 0 Å². The highest BCUT2D eigenvalue weighted by atomic mass is 35.5. The molecule has 1 aromatic carbocycles. The van der Waals surface area contributed by atoms with Crippen molar-refractivity contribution in [1.29, 1.82) is 0 Å². The minimum absolute atomic E-state index is 0.0187. The molecular formula is C23H30ClN5O3S. The summed E-state index contributed by atoms with van der Waals surface area (Å²) in [5.41, 5.74) is 7.04. The minimum Gasteiger partial charge on any atom is -0.356 e. The number of amides is 3. The Kier molecular flexibility index (Phi) is 7.51. The predicted octanol–water partition coefficient (Wildman–Crippen LogP) is 2.34. The molecule has 2 fully saturated rings. The lowest BCUT2D eigenvalue weighted by molar-refractivity contribution is -0.128. The monoisotopic (exact) mass is 491 g/mol.